The van der Waals surface area contributed by atoms with Crippen LogP contribution >= 0.6 is 11.8 Å². The average Bonchev–Trinajstić information content (AvgIpc) is 2.14. The van der Waals surface area contributed by atoms with Crippen molar-refractivity contribution in [1.29, 1.82) is 0 Å². The van der Waals surface area contributed by atoms with Gasteiger partial charge in [-0.15, -0.1) is 0 Å². The van der Waals surface area contributed by atoms with Crippen LogP contribution in [0, 0.1) is 0 Å². The average molecular weight is 130 g/mol. The molecular formula is C4H6N2OS. The molecule has 1 aromatic rings. The van der Waals surface area contributed by atoms with E-state index in [2.05, 4.69) is 9.97 Å². The Balaban J connectivity index is 2.84. The highest BCUT2D eigenvalue weighted by Crippen LogP contribution is 2.11. The third-order valence-corrected chi connectivity index (χ3v) is 1.33. The molecule has 0 bridgehead atoms. The monoisotopic (exact) mass is 130 g/mol. The summed E-state index contributed by atoms with van der Waals surface area (Å²) in [5.74, 6) is 0.120. The molecule has 0 amide bonds. The van der Waals surface area contributed by atoms with E-state index in [1.54, 1.807) is 0 Å². The predicted molar refractivity (Wildman–Crippen MR) is 32.0 cm³/mol. The molecule has 0 aliphatic carbocycles. The zero-order valence-electron chi connectivity index (χ0n) is 4.38. The summed E-state index contributed by atoms with van der Waals surface area (Å²) in [7, 11) is 0. The molecule has 0 aliphatic rings. The minimum absolute atomic E-state index is 0.120. The van der Waals surface area contributed by atoms with E-state index < -0.39 is 0 Å². The Kier molecular flexibility index (Phi) is 1.43. The van der Waals surface area contributed by atoms with Crippen molar-refractivity contribution >= 4 is 11.8 Å². The first kappa shape index (κ1) is 5.50. The molecule has 0 unspecified atom stereocenters. The minimum atomic E-state index is 0.120. The summed E-state index contributed by atoms with van der Waals surface area (Å²) in [6.45, 7) is 0. The van der Waals surface area contributed by atoms with Gasteiger partial charge < -0.3 is 10.1 Å². The molecule has 0 aliphatic heterocycles. The number of aromatic amines is 1. The van der Waals surface area contributed by atoms with Gasteiger partial charge in [0, 0.05) is 0 Å². The van der Waals surface area contributed by atoms with Crippen LogP contribution in [-0.4, -0.2) is 21.3 Å². The van der Waals surface area contributed by atoms with E-state index in [1.165, 1.54) is 18.0 Å². The zero-order valence-corrected chi connectivity index (χ0v) is 5.20. The van der Waals surface area contributed by atoms with Crippen molar-refractivity contribution in [3.05, 3.63) is 6.20 Å². The van der Waals surface area contributed by atoms with Crippen molar-refractivity contribution in [2.45, 2.75) is 5.16 Å². The molecule has 0 saturated heterocycles. The fourth-order valence-corrected chi connectivity index (χ4v) is 0.762. The van der Waals surface area contributed by atoms with Gasteiger partial charge >= 0.3 is 0 Å². The molecular weight excluding hydrogens is 124 g/mol. The van der Waals surface area contributed by atoms with E-state index >= 15 is 0 Å². The second-order valence-electron chi connectivity index (χ2n) is 1.28. The summed E-state index contributed by atoms with van der Waals surface area (Å²) >= 11 is 1.46. The molecule has 0 fully saturated rings. The number of aromatic hydroxyl groups is 1. The lowest BCUT2D eigenvalue weighted by Crippen LogP contribution is -1.67. The van der Waals surface area contributed by atoms with Crippen molar-refractivity contribution < 1.29 is 5.11 Å². The van der Waals surface area contributed by atoms with Crippen molar-refractivity contribution in [2.24, 2.45) is 0 Å². The number of aromatic nitrogens is 2. The quantitative estimate of drug-likeness (QED) is 0.554. The first-order chi connectivity index (χ1) is 3.83. The Morgan fingerprint density at radius 3 is 2.88 bits per heavy atom. The highest BCUT2D eigenvalue weighted by atomic mass is 32.2. The molecule has 0 saturated carbocycles. The fourth-order valence-electron chi connectivity index (χ4n) is 0.398. The number of hydrogen-bond acceptors (Lipinski definition) is 3. The third kappa shape index (κ3) is 0.949. The Morgan fingerprint density at radius 1 is 1.88 bits per heavy atom. The van der Waals surface area contributed by atoms with E-state index in [4.69, 9.17) is 5.11 Å². The van der Waals surface area contributed by atoms with Gasteiger partial charge in [0.25, 0.3) is 0 Å². The number of thioether (sulfide) groups is 1. The van der Waals surface area contributed by atoms with Crippen LogP contribution in [0.15, 0.2) is 11.4 Å². The topological polar surface area (TPSA) is 48.9 Å². The zero-order chi connectivity index (χ0) is 5.98. The molecule has 4 heteroatoms. The molecule has 1 rings (SSSR count). The Hall–Kier alpha value is -0.640. The van der Waals surface area contributed by atoms with Crippen LogP contribution < -0.4 is 0 Å². The fraction of sp³-hybridized carbons (Fsp3) is 0.250. The van der Waals surface area contributed by atoms with Crippen LogP contribution in [0.25, 0.3) is 0 Å². The summed E-state index contributed by atoms with van der Waals surface area (Å²) in [5, 5.41) is 9.39. The summed E-state index contributed by atoms with van der Waals surface area (Å²) in [6, 6.07) is 0. The van der Waals surface area contributed by atoms with Gasteiger partial charge in [-0.25, -0.2) is 4.98 Å². The van der Waals surface area contributed by atoms with E-state index in [0.717, 1.165) is 5.16 Å². The minimum Gasteiger partial charge on any atom is -0.493 e. The lowest BCUT2D eigenvalue weighted by atomic mass is 10.9. The second kappa shape index (κ2) is 2.09. The highest BCUT2D eigenvalue weighted by Gasteiger charge is 1.92. The number of H-pyrrole nitrogens is 1. The molecule has 3 nitrogen and oxygen atoms in total. The summed E-state index contributed by atoms with van der Waals surface area (Å²) in [4.78, 5) is 6.42. The standard InChI is InChI=1S/C4H6N2OS/c1-8-4-5-2-3(7)6-4/h2,7H,1H3,(H,5,6). The third-order valence-electron chi connectivity index (χ3n) is 0.732. The van der Waals surface area contributed by atoms with E-state index in [0.29, 0.717) is 0 Å². The van der Waals surface area contributed by atoms with Crippen LogP contribution in [0.2, 0.25) is 0 Å². The molecule has 1 heterocycles. The van der Waals surface area contributed by atoms with Crippen molar-refractivity contribution in [3.8, 4) is 5.88 Å². The van der Waals surface area contributed by atoms with Gasteiger partial charge in [0.1, 0.15) is 0 Å². The van der Waals surface area contributed by atoms with Gasteiger partial charge in [0.05, 0.1) is 6.20 Å². The van der Waals surface area contributed by atoms with E-state index in [1.807, 2.05) is 6.26 Å². The van der Waals surface area contributed by atoms with Crippen LogP contribution in [0.4, 0.5) is 0 Å². The SMILES string of the molecule is CSc1ncc(O)[nH]1. The Morgan fingerprint density at radius 2 is 2.62 bits per heavy atom. The molecule has 0 aromatic carbocycles. The van der Waals surface area contributed by atoms with Crippen molar-refractivity contribution in [3.63, 3.8) is 0 Å². The highest BCUT2D eigenvalue weighted by molar-refractivity contribution is 7.98. The van der Waals surface area contributed by atoms with Crippen LogP contribution in [0.1, 0.15) is 0 Å². The van der Waals surface area contributed by atoms with Crippen LogP contribution in [0.5, 0.6) is 5.88 Å². The summed E-state index contributed by atoms with van der Waals surface area (Å²) in [5.41, 5.74) is 0. The lowest BCUT2D eigenvalue weighted by Gasteiger charge is -1.81. The molecule has 44 valence electrons. The normalized spacial score (nSPS) is 9.62. The summed E-state index contributed by atoms with van der Waals surface area (Å²) in [6.07, 6.45) is 3.27. The molecule has 2 N–H and O–H groups in total. The summed E-state index contributed by atoms with van der Waals surface area (Å²) < 4.78 is 0. The Bertz CT molecular complexity index is 174. The van der Waals surface area contributed by atoms with Gasteiger partial charge in [0.15, 0.2) is 5.16 Å². The first-order valence-corrected chi connectivity index (χ1v) is 3.33. The molecule has 0 radical (unpaired) electrons. The van der Waals surface area contributed by atoms with E-state index in [-0.39, 0.29) is 5.88 Å². The smallest absolute Gasteiger partial charge is 0.209 e. The van der Waals surface area contributed by atoms with Crippen molar-refractivity contribution in [1.82, 2.24) is 9.97 Å². The number of hydrogen-bond donors (Lipinski definition) is 2. The maximum absolute atomic E-state index is 8.65. The maximum atomic E-state index is 8.65. The van der Waals surface area contributed by atoms with Gasteiger partial charge in [-0.05, 0) is 6.26 Å². The number of nitrogens with one attached hydrogen (secondary N) is 1. The van der Waals surface area contributed by atoms with Gasteiger partial charge in [-0.1, -0.05) is 11.8 Å². The molecule has 8 heavy (non-hydrogen) atoms. The number of rotatable bonds is 1. The largest absolute Gasteiger partial charge is 0.493 e. The van der Waals surface area contributed by atoms with Crippen molar-refractivity contribution in [2.75, 3.05) is 6.26 Å². The second-order valence-corrected chi connectivity index (χ2v) is 2.07. The number of imidazole rings is 1. The maximum Gasteiger partial charge on any atom is 0.209 e. The molecule has 1 aromatic heterocycles. The van der Waals surface area contributed by atoms with E-state index in [9.17, 15) is 0 Å². The first-order valence-electron chi connectivity index (χ1n) is 2.11. The van der Waals surface area contributed by atoms with Crippen LogP contribution in [-0.2, 0) is 0 Å². The Labute approximate surface area is 51.1 Å². The number of nitrogens with zero attached hydrogens (tertiary/aromatic N) is 1. The van der Waals surface area contributed by atoms with Crippen LogP contribution in [0.3, 0.4) is 0 Å². The predicted octanol–water partition coefficient (Wildman–Crippen LogP) is 0.837. The van der Waals surface area contributed by atoms with Gasteiger partial charge in [-0.2, -0.15) is 0 Å². The van der Waals surface area contributed by atoms with Gasteiger partial charge in [0.2, 0.25) is 5.88 Å². The lowest BCUT2D eigenvalue weighted by molar-refractivity contribution is 0.454. The molecule has 0 spiro atoms. The van der Waals surface area contributed by atoms with Gasteiger partial charge in [-0.3, -0.25) is 0 Å². The molecule has 0 atom stereocenters.